The summed E-state index contributed by atoms with van der Waals surface area (Å²) in [7, 11) is 0. The zero-order valence-corrected chi connectivity index (χ0v) is 29.1. The van der Waals surface area contributed by atoms with Crippen molar-refractivity contribution in [3.63, 3.8) is 0 Å². The van der Waals surface area contributed by atoms with Gasteiger partial charge in [0.25, 0.3) is 0 Å². The second-order valence-corrected chi connectivity index (χ2v) is 12.9. The van der Waals surface area contributed by atoms with Crippen molar-refractivity contribution in [2.75, 3.05) is 0 Å². The highest BCUT2D eigenvalue weighted by Crippen LogP contribution is 2.36. The largest absolute Gasteiger partial charge is 0.507 e. The zero-order valence-electron chi connectivity index (χ0n) is 29.1. The van der Waals surface area contributed by atoms with E-state index in [9.17, 15) is 44.4 Å². The molecule has 0 saturated heterocycles. The van der Waals surface area contributed by atoms with E-state index in [1.165, 1.54) is 44.2 Å². The number of hydrogen-bond acceptors (Lipinski definition) is 10. The lowest BCUT2D eigenvalue weighted by atomic mass is 9.82. The Morgan fingerprint density at radius 2 is 1.42 bits per heavy atom. The lowest BCUT2D eigenvalue weighted by molar-refractivity contribution is -0.118. The van der Waals surface area contributed by atoms with Crippen molar-refractivity contribution >= 4 is 29.0 Å². The molecule has 0 aromatic heterocycles. The van der Waals surface area contributed by atoms with Gasteiger partial charge in [-0.2, -0.15) is 0 Å². The van der Waals surface area contributed by atoms with Crippen molar-refractivity contribution in [1.29, 1.82) is 0 Å². The fourth-order valence-corrected chi connectivity index (χ4v) is 5.57. The predicted octanol–water partition coefficient (Wildman–Crippen LogP) is 4.02. The number of allylic oxidation sites excluding steroid dienone is 8. The highest BCUT2D eigenvalue weighted by atomic mass is 16.3. The van der Waals surface area contributed by atoms with Crippen LogP contribution in [0.15, 0.2) is 89.4 Å². The van der Waals surface area contributed by atoms with Crippen LogP contribution in [-0.2, 0) is 9.59 Å². The van der Waals surface area contributed by atoms with E-state index in [1.807, 2.05) is 0 Å². The molecule has 1 aromatic carbocycles. The molecular formula is C39H46N2O9. The van der Waals surface area contributed by atoms with Crippen LogP contribution in [0, 0.1) is 24.7 Å². The number of nitrogens with two attached hydrogens (primary N) is 1. The number of aliphatic hydroxyl groups excluding tert-OH is 3. The molecule has 50 heavy (non-hydrogen) atoms. The Morgan fingerprint density at radius 3 is 2.10 bits per heavy atom. The molecule has 1 aromatic rings. The maximum absolute atomic E-state index is 13.8. The summed E-state index contributed by atoms with van der Waals surface area (Å²) in [6.45, 7) is 9.67. The Labute approximate surface area is 292 Å². The van der Waals surface area contributed by atoms with Gasteiger partial charge < -0.3 is 31.5 Å². The van der Waals surface area contributed by atoms with E-state index in [-0.39, 0.29) is 46.8 Å². The predicted molar refractivity (Wildman–Crippen MR) is 189 cm³/mol. The maximum atomic E-state index is 13.8. The summed E-state index contributed by atoms with van der Waals surface area (Å²) in [5.41, 5.74) is 4.59. The van der Waals surface area contributed by atoms with Crippen LogP contribution in [0.4, 0.5) is 0 Å². The average molecular weight is 687 g/mol. The number of amides is 1. The monoisotopic (exact) mass is 686 g/mol. The first-order chi connectivity index (χ1) is 23.5. The van der Waals surface area contributed by atoms with Gasteiger partial charge in [-0.05, 0) is 50.0 Å². The number of carbonyl (C=O) groups is 5. The van der Waals surface area contributed by atoms with E-state index in [0.717, 1.165) is 6.08 Å². The molecule has 6 atom stereocenters. The molecule has 2 heterocycles. The number of aromatic hydroxyl groups is 1. The topological polar surface area (TPSA) is 204 Å². The van der Waals surface area contributed by atoms with Crippen molar-refractivity contribution in [2.45, 2.75) is 72.7 Å². The first-order valence-electron chi connectivity index (χ1n) is 16.4. The summed E-state index contributed by atoms with van der Waals surface area (Å²) >= 11 is 0. The molecule has 3 aliphatic rings. The van der Waals surface area contributed by atoms with Gasteiger partial charge in [0.2, 0.25) is 17.5 Å². The van der Waals surface area contributed by atoms with E-state index in [4.69, 9.17) is 5.73 Å². The molecule has 4 bridgehead atoms. The van der Waals surface area contributed by atoms with Gasteiger partial charge in [-0.15, -0.1) is 0 Å². The molecule has 0 radical (unpaired) electrons. The quantitative estimate of drug-likeness (QED) is 0.216. The highest BCUT2D eigenvalue weighted by Gasteiger charge is 2.37. The maximum Gasteiger partial charge on any atom is 0.248 e. The normalized spacial score (nSPS) is 28.0. The van der Waals surface area contributed by atoms with Crippen LogP contribution < -0.4 is 11.1 Å². The number of Topliss-reactive ketones (excluding diaryl/α,β-unsaturated/α-hetero) is 4. The molecule has 1 aliphatic carbocycles. The minimum Gasteiger partial charge on any atom is -0.507 e. The van der Waals surface area contributed by atoms with Gasteiger partial charge in [0, 0.05) is 35.8 Å². The molecule has 0 saturated carbocycles. The first kappa shape index (κ1) is 39.5. The van der Waals surface area contributed by atoms with Crippen LogP contribution in [0.2, 0.25) is 0 Å². The molecule has 2 aliphatic heterocycles. The van der Waals surface area contributed by atoms with Crippen molar-refractivity contribution in [3.8, 4) is 5.75 Å². The summed E-state index contributed by atoms with van der Waals surface area (Å²) < 4.78 is 0. The van der Waals surface area contributed by atoms with Crippen molar-refractivity contribution in [1.82, 2.24) is 5.32 Å². The molecule has 266 valence electrons. The number of nitrogens with one attached hydrogen (secondary N) is 1. The van der Waals surface area contributed by atoms with Gasteiger partial charge in [0.05, 0.1) is 29.4 Å². The third-order valence-corrected chi connectivity index (χ3v) is 8.87. The Morgan fingerprint density at radius 1 is 0.760 bits per heavy atom. The highest BCUT2D eigenvalue weighted by molar-refractivity contribution is 6.31. The average Bonchev–Trinajstić information content (AvgIpc) is 3.07. The summed E-state index contributed by atoms with van der Waals surface area (Å²) in [6, 6.07) is 1.25. The van der Waals surface area contributed by atoms with E-state index < -0.39 is 76.1 Å². The van der Waals surface area contributed by atoms with Gasteiger partial charge in [-0.3, -0.25) is 24.0 Å². The van der Waals surface area contributed by atoms with Crippen LogP contribution in [0.3, 0.4) is 0 Å². The second-order valence-electron chi connectivity index (χ2n) is 12.9. The van der Waals surface area contributed by atoms with Gasteiger partial charge in [0.1, 0.15) is 17.1 Å². The smallest absolute Gasteiger partial charge is 0.248 e. The van der Waals surface area contributed by atoms with Gasteiger partial charge >= 0.3 is 0 Å². The number of aryl methyl sites for hydroxylation is 1. The zero-order chi connectivity index (χ0) is 37.4. The minimum atomic E-state index is -1.01. The van der Waals surface area contributed by atoms with Crippen LogP contribution >= 0.6 is 0 Å². The minimum absolute atomic E-state index is 0.0829. The molecule has 1 amide bonds. The van der Waals surface area contributed by atoms with Crippen LogP contribution in [0.1, 0.15) is 84.1 Å². The van der Waals surface area contributed by atoms with Crippen molar-refractivity contribution in [3.05, 3.63) is 112 Å². The summed E-state index contributed by atoms with van der Waals surface area (Å²) in [5.74, 6) is -5.49. The standard InChI is InChI=1S/C39H46N2O9/c1-20-11-9-7-8-10-12-30(45)41-34-33(40)39(50)31-27(38(34)49)18-25(6)37(48)32(31)36(47)24(5)17-23(4)35(46)22(3)14-16-26(42)15-13-21(2)29(44)19-28(20)43/h7-14,16-18,20,22-23,26,28,35,42-43,46,48H,15,19,40H2,1-6H3,(H,41,45)/b8-7?,11-9-,12-10?,16-14-,21-13?,24-17?. The van der Waals surface area contributed by atoms with Gasteiger partial charge in [-0.25, -0.2) is 0 Å². The molecule has 0 fully saturated rings. The Bertz CT molecular complexity index is 1770. The van der Waals surface area contributed by atoms with Crippen LogP contribution in [-0.4, -0.2) is 67.8 Å². The molecular weight excluding hydrogens is 640 g/mol. The fraction of sp³-hybridized carbons (Fsp3) is 0.359. The number of aliphatic hydroxyl groups is 3. The summed E-state index contributed by atoms with van der Waals surface area (Å²) in [4.78, 5) is 66.2. The number of ketones is 4. The molecule has 4 rings (SSSR count). The number of hydrogen-bond donors (Lipinski definition) is 6. The lowest BCUT2D eigenvalue weighted by Crippen LogP contribution is -2.37. The lowest BCUT2D eigenvalue weighted by Gasteiger charge is -2.23. The number of phenolic OH excluding ortho intramolecular Hbond substituents is 1. The van der Waals surface area contributed by atoms with Crippen LogP contribution in [0.5, 0.6) is 5.75 Å². The number of phenols is 1. The third-order valence-electron chi connectivity index (χ3n) is 8.87. The summed E-state index contributed by atoms with van der Waals surface area (Å²) in [6.07, 6.45) is 12.2. The molecule has 11 heteroatoms. The Hall–Kier alpha value is -4.97. The van der Waals surface area contributed by atoms with Crippen molar-refractivity contribution < 1.29 is 44.4 Å². The molecule has 6 unspecified atom stereocenters. The fourth-order valence-electron chi connectivity index (χ4n) is 5.57. The van der Waals surface area contributed by atoms with E-state index >= 15 is 0 Å². The van der Waals surface area contributed by atoms with E-state index in [2.05, 4.69) is 5.32 Å². The van der Waals surface area contributed by atoms with E-state index in [0.29, 0.717) is 5.57 Å². The molecule has 11 nitrogen and oxygen atoms in total. The number of rotatable bonds is 0. The summed E-state index contributed by atoms with van der Waals surface area (Å²) in [5, 5.41) is 45.4. The number of fused-ring (bicyclic) bond motifs is 18. The Balaban J connectivity index is 2.05. The molecule has 0 spiro atoms. The Kier molecular flexibility index (Phi) is 13.5. The second kappa shape index (κ2) is 17.1. The number of benzene rings is 1. The van der Waals surface area contributed by atoms with Crippen LogP contribution in [0.25, 0.3) is 0 Å². The van der Waals surface area contributed by atoms with E-state index in [1.54, 1.807) is 58.1 Å². The van der Waals surface area contributed by atoms with Gasteiger partial charge in [-0.1, -0.05) is 75.5 Å². The van der Waals surface area contributed by atoms with Gasteiger partial charge in [0.15, 0.2) is 11.6 Å². The van der Waals surface area contributed by atoms with Crippen molar-refractivity contribution in [2.24, 2.45) is 23.5 Å². The first-order valence-corrected chi connectivity index (χ1v) is 16.4. The molecule has 7 N–H and O–H groups in total. The number of carbonyl (C=O) groups excluding carboxylic acids is 5. The SMILES string of the molecule is CC1=CCC(O)/C=C\C(C)C(O)C(C)C=C(C)C(=O)c2c(O)c(C)cc3c2C(=O)C(N)=C(NC(=O)C=CC=C/C=C\C(C)C(O)CC1=O)C3=O. The third kappa shape index (κ3) is 9.38.